The van der Waals surface area contributed by atoms with Gasteiger partial charge in [0.25, 0.3) is 10.0 Å². The van der Waals surface area contributed by atoms with Crippen molar-refractivity contribution in [2.75, 3.05) is 10.8 Å². The van der Waals surface area contributed by atoms with Crippen LogP contribution in [-0.2, 0) is 10.0 Å². The zero-order chi connectivity index (χ0) is 14.8. The molecular formula is C16H19NO2S. The molecule has 0 unspecified atom stereocenters. The summed E-state index contributed by atoms with van der Waals surface area (Å²) in [7, 11) is -3.51. The van der Waals surface area contributed by atoms with E-state index in [1.807, 2.05) is 57.2 Å². The van der Waals surface area contributed by atoms with Crippen LogP contribution in [0.3, 0.4) is 0 Å². The number of sulfonamides is 1. The number of anilines is 1. The first-order valence-corrected chi connectivity index (χ1v) is 8.06. The van der Waals surface area contributed by atoms with Gasteiger partial charge < -0.3 is 0 Å². The minimum Gasteiger partial charge on any atom is -0.266 e. The van der Waals surface area contributed by atoms with Crippen molar-refractivity contribution in [2.24, 2.45) is 0 Å². The molecule has 0 radical (unpaired) electrons. The smallest absolute Gasteiger partial charge is 0.264 e. The van der Waals surface area contributed by atoms with Crippen LogP contribution in [0.1, 0.15) is 18.1 Å². The predicted molar refractivity (Wildman–Crippen MR) is 82.6 cm³/mol. The summed E-state index contributed by atoms with van der Waals surface area (Å²) < 4.78 is 27.0. The first-order chi connectivity index (χ1) is 9.46. The van der Waals surface area contributed by atoms with Crippen molar-refractivity contribution in [3.05, 3.63) is 59.7 Å². The molecule has 0 aliphatic heterocycles. The maximum atomic E-state index is 12.8. The number of rotatable bonds is 4. The van der Waals surface area contributed by atoms with Gasteiger partial charge in [0.05, 0.1) is 10.6 Å². The second kappa shape index (κ2) is 5.67. The lowest BCUT2D eigenvalue weighted by Gasteiger charge is -2.24. The Hall–Kier alpha value is -1.81. The quantitative estimate of drug-likeness (QED) is 0.863. The maximum Gasteiger partial charge on any atom is 0.264 e. The summed E-state index contributed by atoms with van der Waals surface area (Å²) in [6.07, 6.45) is 0. The van der Waals surface area contributed by atoms with Crippen molar-refractivity contribution in [1.82, 2.24) is 0 Å². The lowest BCUT2D eigenvalue weighted by molar-refractivity contribution is 0.591. The first-order valence-electron chi connectivity index (χ1n) is 6.62. The highest BCUT2D eigenvalue weighted by Gasteiger charge is 2.24. The zero-order valence-electron chi connectivity index (χ0n) is 12.0. The highest BCUT2D eigenvalue weighted by atomic mass is 32.2. The van der Waals surface area contributed by atoms with Gasteiger partial charge in [-0.3, -0.25) is 4.31 Å². The van der Waals surface area contributed by atoms with E-state index in [1.165, 1.54) is 4.31 Å². The molecule has 0 saturated heterocycles. The fourth-order valence-corrected chi connectivity index (χ4v) is 3.69. The lowest BCUT2D eigenvalue weighted by Crippen LogP contribution is -2.31. The van der Waals surface area contributed by atoms with E-state index in [1.54, 1.807) is 12.1 Å². The topological polar surface area (TPSA) is 37.4 Å². The van der Waals surface area contributed by atoms with Gasteiger partial charge in [-0.25, -0.2) is 8.42 Å². The molecule has 0 saturated carbocycles. The van der Waals surface area contributed by atoms with E-state index in [0.29, 0.717) is 11.4 Å². The second-order valence-corrected chi connectivity index (χ2v) is 6.63. The summed E-state index contributed by atoms with van der Waals surface area (Å²) in [5.41, 5.74) is 2.73. The normalized spacial score (nSPS) is 11.3. The predicted octanol–water partition coefficient (Wildman–Crippen LogP) is 3.52. The molecule has 0 atom stereocenters. The molecule has 20 heavy (non-hydrogen) atoms. The third-order valence-electron chi connectivity index (χ3n) is 3.28. The summed E-state index contributed by atoms with van der Waals surface area (Å²) in [6.45, 7) is 6.11. The second-order valence-electron chi connectivity index (χ2n) is 4.77. The van der Waals surface area contributed by atoms with E-state index in [4.69, 9.17) is 0 Å². The van der Waals surface area contributed by atoms with E-state index >= 15 is 0 Å². The van der Waals surface area contributed by atoms with Crippen LogP contribution >= 0.6 is 0 Å². The van der Waals surface area contributed by atoms with Gasteiger partial charge >= 0.3 is 0 Å². The van der Waals surface area contributed by atoms with Crippen molar-refractivity contribution in [1.29, 1.82) is 0 Å². The van der Waals surface area contributed by atoms with Gasteiger partial charge in [-0.15, -0.1) is 0 Å². The number of para-hydroxylation sites is 1. The Morgan fingerprint density at radius 1 is 0.950 bits per heavy atom. The van der Waals surface area contributed by atoms with Crippen molar-refractivity contribution < 1.29 is 8.42 Å². The molecule has 0 heterocycles. The monoisotopic (exact) mass is 289 g/mol. The minimum absolute atomic E-state index is 0.327. The molecule has 106 valence electrons. The Balaban J connectivity index is 2.51. The van der Waals surface area contributed by atoms with Gasteiger partial charge in [-0.05, 0) is 44.5 Å². The fraction of sp³-hybridized carbons (Fsp3) is 0.250. The average molecular weight is 289 g/mol. The lowest BCUT2D eigenvalue weighted by atomic mass is 10.2. The summed E-state index contributed by atoms with van der Waals surface area (Å²) in [5.74, 6) is 0. The molecule has 0 N–H and O–H groups in total. The van der Waals surface area contributed by atoms with E-state index in [0.717, 1.165) is 16.8 Å². The molecule has 0 aliphatic rings. The van der Waals surface area contributed by atoms with Crippen LogP contribution in [0.5, 0.6) is 0 Å². The molecule has 4 heteroatoms. The Kier molecular flexibility index (Phi) is 4.14. The van der Waals surface area contributed by atoms with E-state index in [2.05, 4.69) is 0 Å². The highest BCUT2D eigenvalue weighted by Crippen LogP contribution is 2.26. The summed E-state index contributed by atoms with van der Waals surface area (Å²) in [4.78, 5) is 0.327. The number of nitrogens with zero attached hydrogens (tertiary/aromatic N) is 1. The molecule has 0 bridgehead atoms. The van der Waals surface area contributed by atoms with Crippen LogP contribution in [0, 0.1) is 13.8 Å². The molecule has 2 aromatic carbocycles. The molecule has 0 amide bonds. The largest absolute Gasteiger partial charge is 0.266 e. The maximum absolute atomic E-state index is 12.8. The molecule has 3 nitrogen and oxygen atoms in total. The first kappa shape index (κ1) is 14.6. The van der Waals surface area contributed by atoms with Gasteiger partial charge in [-0.2, -0.15) is 0 Å². The number of hydrogen-bond acceptors (Lipinski definition) is 2. The van der Waals surface area contributed by atoms with Crippen molar-refractivity contribution in [3.8, 4) is 0 Å². The van der Waals surface area contributed by atoms with E-state index < -0.39 is 10.0 Å². The fourth-order valence-electron chi connectivity index (χ4n) is 2.15. The highest BCUT2D eigenvalue weighted by molar-refractivity contribution is 7.92. The molecule has 0 spiro atoms. The van der Waals surface area contributed by atoms with Gasteiger partial charge in [0, 0.05) is 6.54 Å². The Morgan fingerprint density at radius 2 is 1.55 bits per heavy atom. The zero-order valence-corrected chi connectivity index (χ0v) is 12.8. The Morgan fingerprint density at radius 3 is 2.10 bits per heavy atom. The van der Waals surface area contributed by atoms with Gasteiger partial charge in [0.15, 0.2) is 0 Å². The minimum atomic E-state index is -3.51. The Labute approximate surface area is 120 Å². The molecule has 0 aliphatic carbocycles. The standard InChI is InChI=1S/C16H19NO2S/c1-4-17(16-8-6-5-7-14(16)3)20(18,19)15-11-9-13(2)10-12-15/h5-12H,4H2,1-3H3. The molecule has 0 aromatic heterocycles. The van der Waals surface area contributed by atoms with Crippen molar-refractivity contribution in [3.63, 3.8) is 0 Å². The van der Waals surface area contributed by atoms with Crippen LogP contribution in [0.4, 0.5) is 5.69 Å². The van der Waals surface area contributed by atoms with Gasteiger partial charge in [0.1, 0.15) is 0 Å². The molecule has 2 rings (SSSR count). The SMILES string of the molecule is CCN(c1ccccc1C)S(=O)(=O)c1ccc(C)cc1. The van der Waals surface area contributed by atoms with Crippen LogP contribution in [-0.4, -0.2) is 15.0 Å². The summed E-state index contributed by atoms with van der Waals surface area (Å²) in [5, 5.41) is 0. The molecular weight excluding hydrogens is 270 g/mol. The molecule has 2 aromatic rings. The van der Waals surface area contributed by atoms with Crippen LogP contribution < -0.4 is 4.31 Å². The van der Waals surface area contributed by atoms with Gasteiger partial charge in [0.2, 0.25) is 0 Å². The van der Waals surface area contributed by atoms with Crippen molar-refractivity contribution >= 4 is 15.7 Å². The van der Waals surface area contributed by atoms with Crippen LogP contribution in [0.15, 0.2) is 53.4 Å². The average Bonchev–Trinajstić information content (AvgIpc) is 2.42. The number of hydrogen-bond donors (Lipinski definition) is 0. The van der Waals surface area contributed by atoms with Gasteiger partial charge in [-0.1, -0.05) is 35.9 Å². The number of benzene rings is 2. The third kappa shape index (κ3) is 2.70. The van der Waals surface area contributed by atoms with Crippen LogP contribution in [0.2, 0.25) is 0 Å². The third-order valence-corrected chi connectivity index (χ3v) is 5.18. The van der Waals surface area contributed by atoms with Crippen LogP contribution in [0.25, 0.3) is 0 Å². The van der Waals surface area contributed by atoms with E-state index in [-0.39, 0.29) is 0 Å². The summed E-state index contributed by atoms with van der Waals surface area (Å²) in [6, 6.07) is 14.5. The van der Waals surface area contributed by atoms with E-state index in [9.17, 15) is 8.42 Å². The number of aryl methyl sites for hydroxylation is 2. The summed E-state index contributed by atoms with van der Waals surface area (Å²) >= 11 is 0. The Bertz CT molecular complexity index is 691. The molecule has 0 fully saturated rings. The van der Waals surface area contributed by atoms with Crippen molar-refractivity contribution in [2.45, 2.75) is 25.7 Å².